The lowest BCUT2D eigenvalue weighted by Crippen LogP contribution is -2.77. The Morgan fingerprint density at radius 1 is 1.06 bits per heavy atom. The Morgan fingerprint density at radius 2 is 1.81 bits per heavy atom. The van der Waals surface area contributed by atoms with Crippen molar-refractivity contribution in [2.75, 3.05) is 0 Å². The van der Waals surface area contributed by atoms with Gasteiger partial charge >= 0.3 is 5.97 Å². The highest BCUT2D eigenvalue weighted by molar-refractivity contribution is 5.97. The van der Waals surface area contributed by atoms with Crippen LogP contribution in [0.5, 0.6) is 0 Å². The van der Waals surface area contributed by atoms with E-state index in [9.17, 15) is 19.8 Å². The molecule has 0 aromatic heterocycles. The number of carbonyl (C=O) groups excluding carboxylic acids is 2. The molecule has 1 unspecified atom stereocenters. The van der Waals surface area contributed by atoms with E-state index in [0.717, 1.165) is 12.8 Å². The third kappa shape index (κ3) is 1.92. The van der Waals surface area contributed by atoms with Crippen LogP contribution in [0, 0.1) is 34.5 Å². The third-order valence-corrected chi connectivity index (χ3v) is 13.3. The van der Waals surface area contributed by atoms with Crippen LogP contribution in [0.1, 0.15) is 66.7 Å². The summed E-state index contributed by atoms with van der Waals surface area (Å²) >= 11 is 0. The Labute approximate surface area is 210 Å². The van der Waals surface area contributed by atoms with Crippen LogP contribution in [0.2, 0.25) is 0 Å². The first-order chi connectivity index (χ1) is 16.7. The largest absolute Gasteiger partial charge is 0.454 e. The molecular formula is C28H36O8. The summed E-state index contributed by atoms with van der Waals surface area (Å²) in [6.07, 6.45) is 5.24. The van der Waals surface area contributed by atoms with Gasteiger partial charge in [0, 0.05) is 12.3 Å². The molecule has 4 aliphatic heterocycles. The average Bonchev–Trinajstić information content (AvgIpc) is 3.61. The summed E-state index contributed by atoms with van der Waals surface area (Å²) in [6.45, 7) is 9.53. The van der Waals surface area contributed by atoms with Crippen LogP contribution >= 0.6 is 0 Å². The highest BCUT2D eigenvalue weighted by Crippen LogP contribution is 2.77. The molecule has 4 heterocycles. The van der Waals surface area contributed by atoms with Crippen LogP contribution in [-0.4, -0.2) is 68.5 Å². The first kappa shape index (κ1) is 22.6. The number of cyclic esters (lactones) is 1. The number of esters is 1. The SMILES string of the molecule is C[C@H]1[C@@H]([C@H]2OC(=O)[C@]3(C)OC23C)O[C@@]2(O)C[C@H]3[C@@H](C[C@@H]4O[C@]45CC=CC(=O)[C@]35C)[C@H]3CC[C@@]1(O)[C@]32C. The lowest BCUT2D eigenvalue weighted by molar-refractivity contribution is -0.417. The van der Waals surface area contributed by atoms with Gasteiger partial charge in [-0.1, -0.05) is 19.9 Å². The molecule has 0 aromatic rings. The van der Waals surface area contributed by atoms with Crippen molar-refractivity contribution in [3.63, 3.8) is 0 Å². The molecule has 4 aliphatic carbocycles. The van der Waals surface area contributed by atoms with Crippen molar-refractivity contribution in [2.24, 2.45) is 34.5 Å². The Balaban J connectivity index is 1.25. The molecule has 0 bridgehead atoms. The molecule has 7 fully saturated rings. The van der Waals surface area contributed by atoms with Gasteiger partial charge in [-0.2, -0.15) is 0 Å². The summed E-state index contributed by atoms with van der Waals surface area (Å²) in [5.41, 5.74) is -5.28. The summed E-state index contributed by atoms with van der Waals surface area (Å²) in [7, 11) is 0. The van der Waals surface area contributed by atoms with Gasteiger partial charge in [0.05, 0.1) is 22.5 Å². The first-order valence-corrected chi connectivity index (χ1v) is 13.7. The minimum absolute atomic E-state index is 0.0171. The summed E-state index contributed by atoms with van der Waals surface area (Å²) in [5.74, 6) is -2.45. The van der Waals surface area contributed by atoms with Gasteiger partial charge in [0.2, 0.25) is 0 Å². The van der Waals surface area contributed by atoms with Crippen molar-refractivity contribution in [3.8, 4) is 0 Å². The highest BCUT2D eigenvalue weighted by atomic mass is 16.7. The van der Waals surface area contributed by atoms with Crippen LogP contribution in [-0.2, 0) is 28.5 Å². The number of rotatable bonds is 1. The topological polar surface area (TPSA) is 118 Å². The summed E-state index contributed by atoms with van der Waals surface area (Å²) < 4.78 is 24.7. The molecule has 8 rings (SSSR count). The average molecular weight is 501 g/mol. The monoisotopic (exact) mass is 500 g/mol. The normalized spacial score (nSPS) is 67.7. The molecule has 4 saturated heterocycles. The van der Waals surface area contributed by atoms with E-state index in [-0.39, 0.29) is 42.0 Å². The van der Waals surface area contributed by atoms with E-state index >= 15 is 0 Å². The molecule has 8 heteroatoms. The minimum atomic E-state index is -1.69. The van der Waals surface area contributed by atoms with Crippen molar-refractivity contribution in [1.29, 1.82) is 0 Å². The van der Waals surface area contributed by atoms with E-state index in [2.05, 4.69) is 0 Å². The molecule has 0 aromatic carbocycles. The number of epoxide rings is 2. The quantitative estimate of drug-likeness (QED) is 0.415. The molecular weight excluding hydrogens is 464 g/mol. The second-order valence-corrected chi connectivity index (χ2v) is 13.9. The maximum Gasteiger partial charge on any atom is 0.341 e. The van der Waals surface area contributed by atoms with Crippen LogP contribution in [0.15, 0.2) is 12.2 Å². The van der Waals surface area contributed by atoms with Crippen molar-refractivity contribution in [3.05, 3.63) is 12.2 Å². The fourth-order valence-corrected chi connectivity index (χ4v) is 10.7. The van der Waals surface area contributed by atoms with Gasteiger partial charge in [0.15, 0.2) is 23.3 Å². The Hall–Kier alpha value is -1.32. The Morgan fingerprint density at radius 3 is 2.47 bits per heavy atom. The highest BCUT2D eigenvalue weighted by Gasteiger charge is 2.86. The van der Waals surface area contributed by atoms with Gasteiger partial charge in [-0.05, 0) is 70.3 Å². The standard InChI is InChI=1S/C28H36O8/c1-13-19(20-24(4)25(5,36-24)21(30)33-20)35-28(32)12-16-14(15-8-10-26(13,31)23(15,28)3)11-18-27(34-18)9-6-7-17(29)22(16,27)2/h6-7,13-16,18-20,31-32H,8-12H2,1-5H3/t13-,14-,15+,16-,18-,19-,20+,22-,23-,24?,25-,26-,27+,28-/m0/s1. The van der Waals surface area contributed by atoms with Crippen LogP contribution < -0.4 is 0 Å². The molecule has 1 spiro atoms. The van der Waals surface area contributed by atoms with Gasteiger partial charge in [-0.15, -0.1) is 0 Å². The van der Waals surface area contributed by atoms with Crippen LogP contribution in [0.3, 0.4) is 0 Å². The summed E-state index contributed by atoms with van der Waals surface area (Å²) in [5, 5.41) is 25.0. The number of allylic oxidation sites excluding steroid dienone is 1. The van der Waals surface area contributed by atoms with E-state index in [1.54, 1.807) is 13.0 Å². The second kappa shape index (κ2) is 5.81. The number of fused-ring (bicyclic) bond motifs is 4. The zero-order valence-corrected chi connectivity index (χ0v) is 21.6. The van der Waals surface area contributed by atoms with Gasteiger partial charge < -0.3 is 29.2 Å². The lowest BCUT2D eigenvalue weighted by Gasteiger charge is -2.68. The van der Waals surface area contributed by atoms with Gasteiger partial charge in [0.1, 0.15) is 17.3 Å². The van der Waals surface area contributed by atoms with Crippen molar-refractivity contribution < 1.29 is 38.7 Å². The van der Waals surface area contributed by atoms with Crippen LogP contribution in [0.25, 0.3) is 0 Å². The molecule has 36 heavy (non-hydrogen) atoms. The summed E-state index contributed by atoms with van der Waals surface area (Å²) in [4.78, 5) is 26.2. The predicted molar refractivity (Wildman–Crippen MR) is 123 cm³/mol. The third-order valence-electron chi connectivity index (χ3n) is 13.3. The van der Waals surface area contributed by atoms with E-state index in [0.29, 0.717) is 12.8 Å². The van der Waals surface area contributed by atoms with Crippen molar-refractivity contribution in [2.45, 2.75) is 113 Å². The number of hydrogen-bond acceptors (Lipinski definition) is 8. The maximum absolute atomic E-state index is 13.5. The molecule has 2 N–H and O–H groups in total. The lowest BCUT2D eigenvalue weighted by atomic mass is 9.42. The molecule has 14 atom stereocenters. The molecule has 0 amide bonds. The smallest absolute Gasteiger partial charge is 0.341 e. The summed E-state index contributed by atoms with van der Waals surface area (Å²) in [6, 6.07) is 0. The van der Waals surface area contributed by atoms with E-state index in [1.165, 1.54) is 0 Å². The number of aliphatic hydroxyl groups is 2. The zero-order chi connectivity index (χ0) is 25.5. The molecule has 196 valence electrons. The number of hydrogen-bond donors (Lipinski definition) is 2. The van der Waals surface area contributed by atoms with Gasteiger partial charge in [0.25, 0.3) is 0 Å². The van der Waals surface area contributed by atoms with Gasteiger partial charge in [-0.3, -0.25) is 4.79 Å². The Bertz CT molecular complexity index is 1170. The number of carbonyl (C=O) groups is 2. The first-order valence-electron chi connectivity index (χ1n) is 13.7. The molecule has 3 saturated carbocycles. The zero-order valence-electron chi connectivity index (χ0n) is 21.6. The second-order valence-electron chi connectivity index (χ2n) is 13.9. The van der Waals surface area contributed by atoms with Gasteiger partial charge in [-0.25, -0.2) is 4.79 Å². The van der Waals surface area contributed by atoms with Crippen LogP contribution in [0.4, 0.5) is 0 Å². The molecule has 8 aliphatic rings. The van der Waals surface area contributed by atoms with E-state index in [4.69, 9.17) is 18.9 Å². The number of ketones is 1. The van der Waals surface area contributed by atoms with E-state index in [1.807, 2.05) is 33.8 Å². The predicted octanol–water partition coefficient (Wildman–Crippen LogP) is 2.04. The van der Waals surface area contributed by atoms with Crippen molar-refractivity contribution >= 4 is 11.8 Å². The Kier molecular flexibility index (Phi) is 3.65. The van der Waals surface area contributed by atoms with Crippen molar-refractivity contribution in [1.82, 2.24) is 0 Å². The molecule has 0 radical (unpaired) electrons. The number of ether oxygens (including phenoxy) is 4. The fraction of sp³-hybridized carbons (Fsp3) is 0.857. The minimum Gasteiger partial charge on any atom is -0.454 e. The molecule has 8 nitrogen and oxygen atoms in total. The fourth-order valence-electron chi connectivity index (χ4n) is 10.7. The van der Waals surface area contributed by atoms with E-state index < -0.39 is 57.2 Å². The maximum atomic E-state index is 13.5.